The molecule has 0 aromatic heterocycles. The van der Waals surface area contributed by atoms with Crippen molar-refractivity contribution in [2.24, 2.45) is 0 Å². The maximum Gasteiger partial charge on any atom is 0.245 e. The van der Waals surface area contributed by atoms with E-state index < -0.39 is 26.8 Å². The molecule has 2 aromatic carbocycles. The van der Waals surface area contributed by atoms with Crippen LogP contribution in [0.25, 0.3) is 0 Å². The minimum Gasteiger partial charge on any atom is -0.310 e. The third kappa shape index (κ3) is 4.59. The van der Waals surface area contributed by atoms with Crippen molar-refractivity contribution in [2.75, 3.05) is 23.5 Å². The Kier molecular flexibility index (Phi) is 6.80. The van der Waals surface area contributed by atoms with E-state index >= 15 is 0 Å². The molecule has 5 nitrogen and oxygen atoms in total. The van der Waals surface area contributed by atoms with Gasteiger partial charge in [-0.3, -0.25) is 4.79 Å². The lowest BCUT2D eigenvalue weighted by Gasteiger charge is -2.25. The second-order valence-electron chi connectivity index (χ2n) is 6.40. The van der Waals surface area contributed by atoms with Crippen LogP contribution in [0, 0.1) is 5.82 Å². The Morgan fingerprint density at radius 1 is 1.32 bits per heavy atom. The van der Waals surface area contributed by atoms with Gasteiger partial charge in [0.05, 0.1) is 0 Å². The molecule has 0 aliphatic carbocycles. The number of nitrogens with one attached hydrogen (secondary N) is 1. The number of hydrogen-bond donors (Lipinski definition) is 1. The molecule has 0 bridgehead atoms. The van der Waals surface area contributed by atoms with Crippen molar-refractivity contribution >= 4 is 49.3 Å². The molecule has 0 saturated carbocycles. The zero-order valence-electron chi connectivity index (χ0n) is 15.2. The van der Waals surface area contributed by atoms with Gasteiger partial charge in [-0.25, -0.2) is 12.8 Å². The number of fused-ring (bicyclic) bond motifs is 1. The summed E-state index contributed by atoms with van der Waals surface area (Å²) < 4.78 is 42.8. The Morgan fingerprint density at radius 3 is 2.79 bits per heavy atom. The van der Waals surface area contributed by atoms with Gasteiger partial charge < -0.3 is 4.90 Å². The van der Waals surface area contributed by atoms with Gasteiger partial charge in [-0.05, 0) is 60.7 Å². The van der Waals surface area contributed by atoms with Crippen molar-refractivity contribution in [3.05, 3.63) is 58.3 Å². The first-order valence-corrected chi connectivity index (χ1v) is 12.4. The van der Waals surface area contributed by atoms with Crippen LogP contribution in [0.3, 0.4) is 0 Å². The molecule has 1 aliphatic heterocycles. The number of anilines is 1. The van der Waals surface area contributed by atoms with E-state index in [-0.39, 0.29) is 5.91 Å². The Hall–Kier alpha value is -1.42. The molecule has 0 spiro atoms. The molecule has 28 heavy (non-hydrogen) atoms. The number of benzene rings is 2. The number of halogens is 2. The zero-order valence-corrected chi connectivity index (χ0v) is 18.4. The highest BCUT2D eigenvalue weighted by molar-refractivity contribution is 9.10. The lowest BCUT2D eigenvalue weighted by atomic mass is 10.1. The fourth-order valence-corrected chi connectivity index (χ4v) is 5.35. The summed E-state index contributed by atoms with van der Waals surface area (Å²) >= 11 is 4.94. The Labute approximate surface area is 176 Å². The normalized spacial score (nSPS) is 14.8. The van der Waals surface area contributed by atoms with Crippen LogP contribution in [-0.4, -0.2) is 38.9 Å². The van der Waals surface area contributed by atoms with Crippen molar-refractivity contribution in [3.63, 3.8) is 0 Å². The van der Waals surface area contributed by atoms with Gasteiger partial charge in [0, 0.05) is 16.7 Å². The number of amides is 1. The Morgan fingerprint density at radius 2 is 2.07 bits per heavy atom. The van der Waals surface area contributed by atoms with Gasteiger partial charge >= 0.3 is 0 Å². The highest BCUT2D eigenvalue weighted by Gasteiger charge is 2.33. The molecule has 3 rings (SSSR count). The van der Waals surface area contributed by atoms with E-state index in [2.05, 4.69) is 20.7 Å². The second kappa shape index (κ2) is 8.94. The summed E-state index contributed by atoms with van der Waals surface area (Å²) in [6, 6.07) is 9.84. The lowest BCUT2D eigenvalue weighted by molar-refractivity contribution is -0.120. The van der Waals surface area contributed by atoms with Gasteiger partial charge in [-0.15, -0.1) is 0 Å². The van der Waals surface area contributed by atoms with Gasteiger partial charge in [-0.2, -0.15) is 16.5 Å². The highest BCUT2D eigenvalue weighted by atomic mass is 79.9. The number of thioether (sulfide) groups is 1. The molecule has 150 valence electrons. The van der Waals surface area contributed by atoms with E-state index in [4.69, 9.17) is 0 Å². The third-order valence-electron chi connectivity index (χ3n) is 4.54. The lowest BCUT2D eigenvalue weighted by Crippen LogP contribution is -2.48. The van der Waals surface area contributed by atoms with Gasteiger partial charge in [0.15, 0.2) is 0 Å². The van der Waals surface area contributed by atoms with E-state index in [1.54, 1.807) is 4.90 Å². The van der Waals surface area contributed by atoms with E-state index in [9.17, 15) is 17.6 Å². The summed E-state index contributed by atoms with van der Waals surface area (Å²) in [5.74, 6) is -0.575. The van der Waals surface area contributed by atoms with Gasteiger partial charge in [0.1, 0.15) is 16.8 Å². The van der Waals surface area contributed by atoms with Crippen LogP contribution in [0.15, 0.2) is 51.8 Å². The van der Waals surface area contributed by atoms with Crippen LogP contribution < -0.4 is 9.62 Å². The molecule has 9 heteroatoms. The standard InChI is InChI=1S/C19H20BrFN2O3S2/c1-27-11-9-16(22-28(25,26)18-5-3-2-4-15(18)21)19(24)23-10-8-13-12-14(20)6-7-17(13)23/h2-7,12,16,22H,8-11H2,1H3. The van der Waals surface area contributed by atoms with Gasteiger partial charge in [0.2, 0.25) is 15.9 Å². The van der Waals surface area contributed by atoms with Crippen molar-refractivity contribution in [1.29, 1.82) is 0 Å². The minimum atomic E-state index is -4.17. The SMILES string of the molecule is CSCCC(NS(=O)(=O)c1ccccc1F)C(=O)N1CCc2cc(Br)ccc21. The van der Waals surface area contributed by atoms with E-state index in [1.165, 1.54) is 30.0 Å². The van der Waals surface area contributed by atoms with E-state index in [0.717, 1.165) is 21.8 Å². The maximum atomic E-state index is 14.0. The zero-order chi connectivity index (χ0) is 20.3. The molecular weight excluding hydrogens is 467 g/mol. The fraction of sp³-hybridized carbons (Fsp3) is 0.316. The highest BCUT2D eigenvalue weighted by Crippen LogP contribution is 2.31. The molecule has 0 fully saturated rings. The maximum absolute atomic E-state index is 14.0. The number of carbonyl (C=O) groups excluding carboxylic acids is 1. The first-order chi connectivity index (χ1) is 13.3. The van der Waals surface area contributed by atoms with Crippen LogP contribution >= 0.6 is 27.7 Å². The molecule has 0 radical (unpaired) electrons. The summed E-state index contributed by atoms with van der Waals surface area (Å²) in [4.78, 5) is 14.3. The third-order valence-corrected chi connectivity index (χ3v) is 7.18. The van der Waals surface area contributed by atoms with Crippen LogP contribution in [0.4, 0.5) is 10.1 Å². The van der Waals surface area contributed by atoms with Gasteiger partial charge in [-0.1, -0.05) is 28.1 Å². The average Bonchev–Trinajstić information content (AvgIpc) is 3.07. The predicted octanol–water partition coefficient (Wildman–Crippen LogP) is 3.58. The van der Waals surface area contributed by atoms with Crippen molar-refractivity contribution in [3.8, 4) is 0 Å². The molecule has 1 aliphatic rings. The number of nitrogens with zero attached hydrogens (tertiary/aromatic N) is 1. The quantitative estimate of drug-likeness (QED) is 0.649. The summed E-state index contributed by atoms with van der Waals surface area (Å²) in [5, 5.41) is 0. The van der Waals surface area contributed by atoms with Crippen LogP contribution in [-0.2, 0) is 21.2 Å². The molecule has 1 amide bonds. The van der Waals surface area contributed by atoms with Crippen LogP contribution in [0.5, 0.6) is 0 Å². The van der Waals surface area contributed by atoms with Crippen molar-refractivity contribution in [1.82, 2.24) is 4.72 Å². The summed E-state index contributed by atoms with van der Waals surface area (Å²) in [6.45, 7) is 0.488. The fourth-order valence-electron chi connectivity index (χ4n) is 3.17. The summed E-state index contributed by atoms with van der Waals surface area (Å²) in [7, 11) is -4.17. The van der Waals surface area contributed by atoms with E-state index in [0.29, 0.717) is 25.1 Å². The molecule has 1 N–H and O–H groups in total. The summed E-state index contributed by atoms with van der Waals surface area (Å²) in [5.41, 5.74) is 1.82. The van der Waals surface area contributed by atoms with Crippen molar-refractivity contribution in [2.45, 2.75) is 23.8 Å². The molecule has 1 atom stereocenters. The van der Waals surface area contributed by atoms with Crippen LogP contribution in [0.1, 0.15) is 12.0 Å². The average molecular weight is 487 g/mol. The monoisotopic (exact) mass is 486 g/mol. The van der Waals surface area contributed by atoms with Crippen LogP contribution in [0.2, 0.25) is 0 Å². The Balaban J connectivity index is 1.87. The van der Waals surface area contributed by atoms with Crippen molar-refractivity contribution < 1.29 is 17.6 Å². The first-order valence-electron chi connectivity index (χ1n) is 8.69. The molecule has 0 saturated heterocycles. The molecular formula is C19H20BrFN2O3S2. The number of rotatable bonds is 7. The smallest absolute Gasteiger partial charge is 0.245 e. The number of carbonyl (C=O) groups is 1. The topological polar surface area (TPSA) is 66.5 Å². The largest absolute Gasteiger partial charge is 0.310 e. The number of hydrogen-bond acceptors (Lipinski definition) is 4. The van der Waals surface area contributed by atoms with E-state index in [1.807, 2.05) is 24.5 Å². The predicted molar refractivity (Wildman–Crippen MR) is 114 cm³/mol. The first kappa shape index (κ1) is 21.3. The second-order valence-corrected chi connectivity index (χ2v) is 9.98. The van der Waals surface area contributed by atoms with Gasteiger partial charge in [0.25, 0.3) is 0 Å². The number of sulfonamides is 1. The molecule has 1 unspecified atom stereocenters. The molecule has 2 aromatic rings. The summed E-state index contributed by atoms with van der Waals surface area (Å²) in [6.07, 6.45) is 2.90. The Bertz CT molecular complexity index is 985. The molecule has 1 heterocycles. The minimum absolute atomic E-state index is 0.316.